The maximum Gasteiger partial charge on any atom is 0.244 e. The molecule has 0 radical (unpaired) electrons. The third kappa shape index (κ3) is 2.58. The van der Waals surface area contributed by atoms with E-state index < -0.39 is 15.1 Å². The lowest BCUT2D eigenvalue weighted by Crippen LogP contribution is -2.13. The highest BCUT2D eigenvalue weighted by atomic mass is 32.2. The molecule has 0 aliphatic carbocycles. The summed E-state index contributed by atoms with van der Waals surface area (Å²) >= 11 is 0. The van der Waals surface area contributed by atoms with E-state index in [0.29, 0.717) is 17.3 Å². The number of nitrogens with zero attached hydrogens (tertiary/aromatic N) is 3. The number of aryl methyl sites for hydroxylation is 2. The van der Waals surface area contributed by atoms with Crippen molar-refractivity contribution in [3.8, 4) is 0 Å². The first-order valence-corrected chi connectivity index (χ1v) is 7.04. The van der Waals surface area contributed by atoms with Gasteiger partial charge in [-0.3, -0.25) is 0 Å². The first-order chi connectivity index (χ1) is 8.38. The Labute approximate surface area is 104 Å². The average molecular weight is 271 g/mol. The van der Waals surface area contributed by atoms with Crippen molar-refractivity contribution >= 4 is 9.84 Å². The molecule has 2 heterocycles. The van der Waals surface area contributed by atoms with Crippen molar-refractivity contribution in [2.75, 3.05) is 0 Å². The van der Waals surface area contributed by atoms with E-state index in [2.05, 4.69) is 15.3 Å². The highest BCUT2D eigenvalue weighted by Crippen LogP contribution is 2.23. The predicted octanol–water partition coefficient (Wildman–Crippen LogP) is 1.35. The molecule has 8 heteroatoms. The van der Waals surface area contributed by atoms with Gasteiger partial charge >= 0.3 is 0 Å². The Hall–Kier alpha value is -1.70. The van der Waals surface area contributed by atoms with Gasteiger partial charge < -0.3 is 9.05 Å². The SMILES string of the molecule is Cc1noc([C@@H](C)S(=O)(=O)Cc2cc(C)on2)n1. The molecule has 2 aromatic heterocycles. The smallest absolute Gasteiger partial charge is 0.244 e. The zero-order valence-corrected chi connectivity index (χ0v) is 11.1. The first kappa shape index (κ1) is 12.7. The lowest BCUT2D eigenvalue weighted by molar-refractivity contribution is 0.372. The number of sulfone groups is 1. The lowest BCUT2D eigenvalue weighted by atomic mass is 10.4. The summed E-state index contributed by atoms with van der Waals surface area (Å²) in [6.45, 7) is 4.84. The van der Waals surface area contributed by atoms with Crippen LogP contribution in [0, 0.1) is 13.8 Å². The van der Waals surface area contributed by atoms with Crippen LogP contribution < -0.4 is 0 Å². The second-order valence-electron chi connectivity index (χ2n) is 4.06. The third-order valence-corrected chi connectivity index (χ3v) is 4.43. The van der Waals surface area contributed by atoms with Crippen molar-refractivity contribution in [3.63, 3.8) is 0 Å². The van der Waals surface area contributed by atoms with Gasteiger partial charge in [0.25, 0.3) is 0 Å². The van der Waals surface area contributed by atoms with Gasteiger partial charge in [-0.15, -0.1) is 0 Å². The second-order valence-corrected chi connectivity index (χ2v) is 6.38. The molecule has 0 spiro atoms. The Morgan fingerprint density at radius 1 is 1.28 bits per heavy atom. The minimum atomic E-state index is -3.46. The highest BCUT2D eigenvalue weighted by molar-refractivity contribution is 7.90. The van der Waals surface area contributed by atoms with Crippen molar-refractivity contribution in [1.82, 2.24) is 15.3 Å². The standard InChI is InChI=1S/C10H13N3O4S/c1-6-4-9(13-16-6)5-18(14,15)7(2)10-11-8(3)12-17-10/h4,7H,5H2,1-3H3/t7-/m1/s1. The molecule has 18 heavy (non-hydrogen) atoms. The van der Waals surface area contributed by atoms with E-state index in [1.807, 2.05) is 0 Å². The van der Waals surface area contributed by atoms with E-state index in [1.165, 1.54) is 6.92 Å². The minimum absolute atomic E-state index is 0.0905. The van der Waals surface area contributed by atoms with Crippen LogP contribution in [0.3, 0.4) is 0 Å². The van der Waals surface area contributed by atoms with E-state index >= 15 is 0 Å². The zero-order chi connectivity index (χ0) is 13.3. The summed E-state index contributed by atoms with van der Waals surface area (Å²) < 4.78 is 33.9. The van der Waals surface area contributed by atoms with Gasteiger partial charge in [-0.25, -0.2) is 8.42 Å². The predicted molar refractivity (Wildman–Crippen MR) is 61.3 cm³/mol. The van der Waals surface area contributed by atoms with Gasteiger partial charge in [0.15, 0.2) is 15.7 Å². The Morgan fingerprint density at radius 2 is 2.00 bits per heavy atom. The molecular weight excluding hydrogens is 258 g/mol. The van der Waals surface area contributed by atoms with Crippen LogP contribution >= 0.6 is 0 Å². The van der Waals surface area contributed by atoms with Gasteiger partial charge in [-0.1, -0.05) is 10.3 Å². The average Bonchev–Trinajstić information content (AvgIpc) is 2.86. The molecule has 2 rings (SSSR count). The molecule has 0 aliphatic heterocycles. The van der Waals surface area contributed by atoms with E-state index in [9.17, 15) is 8.42 Å². The lowest BCUT2D eigenvalue weighted by Gasteiger charge is -2.06. The van der Waals surface area contributed by atoms with Crippen molar-refractivity contribution in [2.24, 2.45) is 0 Å². The Balaban J connectivity index is 2.20. The van der Waals surface area contributed by atoms with Crippen molar-refractivity contribution in [2.45, 2.75) is 31.8 Å². The van der Waals surface area contributed by atoms with E-state index in [1.54, 1.807) is 19.9 Å². The normalized spacial score (nSPS) is 13.7. The molecule has 0 saturated heterocycles. The minimum Gasteiger partial charge on any atom is -0.361 e. The molecule has 0 amide bonds. The summed E-state index contributed by atoms with van der Waals surface area (Å²) in [5, 5.41) is 6.37. The molecule has 1 atom stereocenters. The van der Waals surface area contributed by atoms with Gasteiger partial charge in [0.2, 0.25) is 5.89 Å². The Bertz CT molecular complexity index is 644. The summed E-state index contributed by atoms with van der Waals surface area (Å²) in [6.07, 6.45) is 0. The molecule has 0 bridgehead atoms. The van der Waals surface area contributed by atoms with Gasteiger partial charge in [0, 0.05) is 6.07 Å². The zero-order valence-electron chi connectivity index (χ0n) is 10.2. The van der Waals surface area contributed by atoms with E-state index in [-0.39, 0.29) is 11.6 Å². The summed E-state index contributed by atoms with van der Waals surface area (Å²) in [4.78, 5) is 3.92. The van der Waals surface area contributed by atoms with Crippen LogP contribution in [-0.2, 0) is 15.6 Å². The van der Waals surface area contributed by atoms with Crippen LogP contribution in [0.2, 0.25) is 0 Å². The van der Waals surface area contributed by atoms with Gasteiger partial charge in [0.1, 0.15) is 11.0 Å². The molecule has 0 aromatic carbocycles. The second kappa shape index (κ2) is 4.52. The fourth-order valence-corrected chi connectivity index (χ4v) is 2.65. The molecule has 0 fully saturated rings. The van der Waals surface area contributed by atoms with Gasteiger partial charge in [0.05, 0.1) is 11.4 Å². The van der Waals surface area contributed by atoms with E-state index in [0.717, 1.165) is 0 Å². The van der Waals surface area contributed by atoms with Crippen LogP contribution in [0.5, 0.6) is 0 Å². The number of hydrogen-bond donors (Lipinski definition) is 0. The molecule has 98 valence electrons. The molecule has 0 aliphatic rings. The number of aromatic nitrogens is 3. The number of rotatable bonds is 4. The Morgan fingerprint density at radius 3 is 2.50 bits per heavy atom. The summed E-state index contributed by atoms with van der Waals surface area (Å²) in [7, 11) is -3.46. The van der Waals surface area contributed by atoms with E-state index in [4.69, 9.17) is 9.05 Å². The van der Waals surface area contributed by atoms with Crippen LogP contribution in [-0.4, -0.2) is 23.7 Å². The molecule has 0 unspecified atom stereocenters. The fraction of sp³-hybridized carbons (Fsp3) is 0.500. The van der Waals surface area contributed by atoms with Crippen LogP contribution in [0.15, 0.2) is 15.1 Å². The highest BCUT2D eigenvalue weighted by Gasteiger charge is 2.28. The number of hydrogen-bond acceptors (Lipinski definition) is 7. The van der Waals surface area contributed by atoms with Crippen molar-refractivity contribution in [1.29, 1.82) is 0 Å². The fourth-order valence-electron chi connectivity index (χ4n) is 1.45. The molecule has 7 nitrogen and oxygen atoms in total. The maximum absolute atomic E-state index is 12.1. The molecule has 2 aromatic rings. The van der Waals surface area contributed by atoms with Crippen molar-refractivity contribution < 1.29 is 17.5 Å². The first-order valence-electron chi connectivity index (χ1n) is 5.32. The largest absolute Gasteiger partial charge is 0.361 e. The summed E-state index contributed by atoms with van der Waals surface area (Å²) in [5.41, 5.74) is 0.371. The van der Waals surface area contributed by atoms with Gasteiger partial charge in [-0.2, -0.15) is 4.98 Å². The molecule has 0 N–H and O–H groups in total. The third-order valence-electron chi connectivity index (χ3n) is 2.46. The molecular formula is C10H13N3O4S. The maximum atomic E-state index is 12.1. The van der Waals surface area contributed by atoms with Crippen LogP contribution in [0.4, 0.5) is 0 Å². The van der Waals surface area contributed by atoms with Crippen molar-refractivity contribution in [3.05, 3.63) is 29.2 Å². The van der Waals surface area contributed by atoms with Gasteiger partial charge in [-0.05, 0) is 20.8 Å². The van der Waals surface area contributed by atoms with Crippen LogP contribution in [0.25, 0.3) is 0 Å². The Kier molecular flexibility index (Phi) is 3.20. The summed E-state index contributed by atoms with van der Waals surface area (Å²) in [6, 6.07) is 1.59. The quantitative estimate of drug-likeness (QED) is 0.827. The monoisotopic (exact) mass is 271 g/mol. The van der Waals surface area contributed by atoms with Crippen LogP contribution in [0.1, 0.15) is 35.3 Å². The summed E-state index contributed by atoms with van der Waals surface area (Å²) in [5.74, 6) is 0.853. The topological polar surface area (TPSA) is 99.1 Å². The molecule has 0 saturated carbocycles.